The molecule has 1 amide bonds. The van der Waals surface area contributed by atoms with Gasteiger partial charge in [0.2, 0.25) is 5.89 Å². The van der Waals surface area contributed by atoms with Gasteiger partial charge in [-0.1, -0.05) is 30.3 Å². The lowest BCUT2D eigenvalue weighted by Gasteiger charge is -2.15. The highest BCUT2D eigenvalue weighted by Gasteiger charge is 2.22. The summed E-state index contributed by atoms with van der Waals surface area (Å²) in [7, 11) is 3.28. The van der Waals surface area contributed by atoms with Crippen molar-refractivity contribution in [3.05, 3.63) is 64.4 Å². The quantitative estimate of drug-likeness (QED) is 0.587. The first kappa shape index (κ1) is 18.3. The van der Waals surface area contributed by atoms with E-state index in [1.165, 1.54) is 15.9 Å². The van der Waals surface area contributed by atoms with E-state index in [1.54, 1.807) is 18.7 Å². The molecule has 3 rings (SSSR count). The van der Waals surface area contributed by atoms with Crippen molar-refractivity contribution in [3.8, 4) is 0 Å². The van der Waals surface area contributed by atoms with Gasteiger partial charge in [0.25, 0.3) is 5.91 Å². The molecule has 0 radical (unpaired) electrons. The zero-order chi connectivity index (χ0) is 19.4. The topological polar surface area (TPSA) is 98.5 Å². The van der Waals surface area contributed by atoms with Crippen molar-refractivity contribution in [2.24, 2.45) is 12.0 Å². The van der Waals surface area contributed by atoms with Crippen LogP contribution < -0.4 is 5.76 Å². The summed E-state index contributed by atoms with van der Waals surface area (Å²) >= 11 is 0. The number of carbonyl (C=O) groups excluding carboxylic acids is 1. The van der Waals surface area contributed by atoms with Crippen LogP contribution in [0.3, 0.4) is 0 Å². The summed E-state index contributed by atoms with van der Waals surface area (Å²) in [5, 5.41) is 4.18. The molecule has 27 heavy (non-hydrogen) atoms. The van der Waals surface area contributed by atoms with Gasteiger partial charge in [0.1, 0.15) is 0 Å². The van der Waals surface area contributed by atoms with Gasteiger partial charge in [-0.25, -0.2) is 14.8 Å². The van der Waals surface area contributed by atoms with Crippen LogP contribution in [0.5, 0.6) is 0 Å². The molecule has 0 aliphatic heterocycles. The number of aliphatic imine (C=N–C) groups is 1. The van der Waals surface area contributed by atoms with Crippen molar-refractivity contribution >= 4 is 18.4 Å². The number of aromatic nitrogens is 4. The molecule has 0 unspecified atom stereocenters. The van der Waals surface area contributed by atoms with Crippen molar-refractivity contribution in [3.63, 3.8) is 0 Å². The molecular formula is C18H20N6O3. The van der Waals surface area contributed by atoms with Gasteiger partial charge in [-0.05, 0) is 18.7 Å². The second-order valence-electron chi connectivity index (χ2n) is 6.07. The molecule has 0 bridgehead atoms. The average Bonchev–Trinajstić information content (AvgIpc) is 3.21. The number of imidazole rings is 1. The van der Waals surface area contributed by atoms with E-state index in [9.17, 15) is 9.59 Å². The van der Waals surface area contributed by atoms with Crippen molar-refractivity contribution in [1.82, 2.24) is 24.2 Å². The lowest BCUT2D eigenvalue weighted by atomic mass is 10.2. The second kappa shape index (κ2) is 7.81. The third-order valence-electron chi connectivity index (χ3n) is 4.09. The third kappa shape index (κ3) is 4.02. The number of hydrogen-bond acceptors (Lipinski definition) is 6. The lowest BCUT2D eigenvalue weighted by molar-refractivity contribution is 0.0763. The largest absolute Gasteiger partial charge is 0.437 e. The van der Waals surface area contributed by atoms with Crippen LogP contribution in [0.4, 0.5) is 5.82 Å². The van der Waals surface area contributed by atoms with Crippen molar-refractivity contribution in [1.29, 1.82) is 0 Å². The maximum atomic E-state index is 12.6. The summed E-state index contributed by atoms with van der Waals surface area (Å²) in [5.74, 6) is -0.446. The normalized spacial score (nSPS) is 10.7. The minimum atomic E-state index is -0.546. The molecule has 0 N–H and O–H groups in total. The van der Waals surface area contributed by atoms with Gasteiger partial charge >= 0.3 is 5.76 Å². The van der Waals surface area contributed by atoms with Crippen LogP contribution in [0.2, 0.25) is 0 Å². The molecule has 9 nitrogen and oxygen atoms in total. The Kier molecular flexibility index (Phi) is 5.30. The number of rotatable bonds is 7. The average molecular weight is 368 g/mol. The highest BCUT2D eigenvalue weighted by atomic mass is 16.4. The summed E-state index contributed by atoms with van der Waals surface area (Å²) in [6.07, 6.45) is 2.15. The van der Waals surface area contributed by atoms with Gasteiger partial charge in [-0.15, -0.1) is 5.10 Å². The Morgan fingerprint density at radius 3 is 2.78 bits per heavy atom. The van der Waals surface area contributed by atoms with Crippen LogP contribution >= 0.6 is 0 Å². The number of aryl methyl sites for hydroxylation is 3. The van der Waals surface area contributed by atoms with E-state index in [-0.39, 0.29) is 24.2 Å². The van der Waals surface area contributed by atoms with Crippen LogP contribution in [0, 0.1) is 0 Å². The first-order chi connectivity index (χ1) is 13.0. The number of carbonyl (C=O) groups is 1. The fourth-order valence-corrected chi connectivity index (χ4v) is 2.67. The van der Waals surface area contributed by atoms with Crippen molar-refractivity contribution in [2.45, 2.75) is 19.5 Å². The fraction of sp³-hybridized carbons (Fsp3) is 0.278. The van der Waals surface area contributed by atoms with Crippen molar-refractivity contribution < 1.29 is 9.21 Å². The molecule has 3 aromatic rings. The van der Waals surface area contributed by atoms with Gasteiger partial charge in [0, 0.05) is 14.1 Å². The molecule has 0 spiro atoms. The Morgan fingerprint density at radius 2 is 2.07 bits per heavy atom. The summed E-state index contributed by atoms with van der Waals surface area (Å²) in [6, 6.07) is 9.79. The number of hydrogen-bond donors (Lipinski definition) is 0. The molecular weight excluding hydrogens is 348 g/mol. The maximum Gasteiger partial charge on any atom is 0.437 e. The Labute approximate surface area is 155 Å². The van der Waals surface area contributed by atoms with E-state index in [2.05, 4.69) is 21.8 Å². The fourth-order valence-electron chi connectivity index (χ4n) is 2.67. The molecule has 0 aliphatic rings. The van der Waals surface area contributed by atoms with Gasteiger partial charge in [0.05, 0.1) is 19.4 Å². The Morgan fingerprint density at radius 1 is 1.33 bits per heavy atom. The van der Waals surface area contributed by atoms with Gasteiger partial charge in [-0.2, -0.15) is 4.68 Å². The lowest BCUT2D eigenvalue weighted by Crippen LogP contribution is -2.28. The van der Waals surface area contributed by atoms with Crippen LogP contribution in [0.25, 0.3) is 0 Å². The molecule has 0 saturated carbocycles. The van der Waals surface area contributed by atoms with Gasteiger partial charge in [0.15, 0.2) is 11.5 Å². The predicted octanol–water partition coefficient (Wildman–Crippen LogP) is 1.42. The maximum absolute atomic E-state index is 12.6. The second-order valence-corrected chi connectivity index (χ2v) is 6.07. The molecule has 140 valence electrons. The molecule has 0 aliphatic carbocycles. The number of benzene rings is 1. The minimum Gasteiger partial charge on any atom is -0.390 e. The molecule has 0 atom stereocenters. The van der Waals surface area contributed by atoms with Gasteiger partial charge < -0.3 is 13.9 Å². The summed E-state index contributed by atoms with van der Waals surface area (Å²) in [5.41, 5.74) is 1.40. The van der Waals surface area contributed by atoms with Crippen LogP contribution in [0.15, 0.2) is 50.9 Å². The zero-order valence-electron chi connectivity index (χ0n) is 15.2. The summed E-state index contributed by atoms with van der Waals surface area (Å²) in [6.45, 7) is 3.87. The Balaban J connectivity index is 1.69. The highest BCUT2D eigenvalue weighted by Crippen LogP contribution is 2.17. The summed E-state index contributed by atoms with van der Waals surface area (Å²) in [4.78, 5) is 33.8. The smallest absolute Gasteiger partial charge is 0.390 e. The van der Waals surface area contributed by atoms with E-state index >= 15 is 0 Å². The molecule has 9 heteroatoms. The van der Waals surface area contributed by atoms with E-state index in [0.717, 1.165) is 5.56 Å². The molecule has 2 aromatic heterocycles. The molecule has 0 fully saturated rings. The Hall–Kier alpha value is -3.49. The van der Waals surface area contributed by atoms with E-state index < -0.39 is 5.76 Å². The zero-order valence-corrected chi connectivity index (χ0v) is 15.2. The number of amides is 1. The monoisotopic (exact) mass is 368 g/mol. The van der Waals surface area contributed by atoms with E-state index in [1.807, 2.05) is 30.3 Å². The minimum absolute atomic E-state index is 0.0498. The van der Waals surface area contributed by atoms with Gasteiger partial charge in [-0.3, -0.25) is 4.79 Å². The van der Waals surface area contributed by atoms with Crippen LogP contribution in [0.1, 0.15) is 21.9 Å². The molecule has 0 saturated heterocycles. The van der Waals surface area contributed by atoms with E-state index in [4.69, 9.17) is 4.42 Å². The van der Waals surface area contributed by atoms with Crippen LogP contribution in [-0.2, 0) is 26.6 Å². The first-order valence-electron chi connectivity index (χ1n) is 8.34. The first-order valence-corrected chi connectivity index (χ1v) is 8.34. The molecule has 2 heterocycles. The SMILES string of the molecule is C=Nc1ncn(C)c1C(=O)N(C)Cc1nn(CCc2ccccc2)c(=O)o1. The standard InChI is InChI=1S/C18H20N6O3/c1-19-16-15(23(3)12-20-16)17(25)22(2)11-14-21-24(18(26)27-14)10-9-13-7-5-4-6-8-13/h4-8,12H,1,9-11H2,2-3H3. The predicted molar refractivity (Wildman–Crippen MR) is 99.1 cm³/mol. The van der Waals surface area contributed by atoms with Crippen LogP contribution in [-0.4, -0.2) is 43.9 Å². The summed E-state index contributed by atoms with van der Waals surface area (Å²) < 4.78 is 8.00. The molecule has 1 aromatic carbocycles. The Bertz CT molecular complexity index is 1000. The van der Waals surface area contributed by atoms with Crippen molar-refractivity contribution in [2.75, 3.05) is 7.05 Å². The third-order valence-corrected chi connectivity index (χ3v) is 4.09. The number of nitrogens with zero attached hydrogens (tertiary/aromatic N) is 6. The van der Waals surface area contributed by atoms with E-state index in [0.29, 0.717) is 18.7 Å². The highest BCUT2D eigenvalue weighted by molar-refractivity contribution is 5.96.